The molecule has 1 atom stereocenters. The van der Waals surface area contributed by atoms with Gasteiger partial charge >= 0.3 is 0 Å². The molecule has 16 aromatic carbocycles. The summed E-state index contributed by atoms with van der Waals surface area (Å²) in [4.78, 5) is 55.1. The van der Waals surface area contributed by atoms with Crippen molar-refractivity contribution in [3.63, 3.8) is 0 Å². The summed E-state index contributed by atoms with van der Waals surface area (Å²) in [6.45, 7) is 11.8. The Morgan fingerprint density at radius 3 is 1.08 bits per heavy atom. The molecule has 686 valence electrons. The monoisotopic (exact) mass is 2510 g/mol. The van der Waals surface area contributed by atoms with Gasteiger partial charge in [0.1, 0.15) is 0 Å². The molecule has 0 spiro atoms. The molecule has 0 radical (unpaired) electrons. The number of aryl methyl sites for hydroxylation is 2. The van der Waals surface area contributed by atoms with E-state index in [4.69, 9.17) is 49.8 Å². The summed E-state index contributed by atoms with van der Waals surface area (Å²) in [5, 5.41) is 4.58. The highest BCUT2D eigenvalue weighted by Gasteiger charge is 2.43. The number of unbranched alkanes of at least 4 members (excludes halogenated alkanes) is 2. The molecule has 0 saturated carbocycles. The van der Waals surface area contributed by atoms with Crippen LogP contribution >= 0.6 is 136 Å². The second-order valence-corrected chi connectivity index (χ2v) is 45.3. The quantitative estimate of drug-likeness (QED) is 0.0603. The fourth-order valence-corrected chi connectivity index (χ4v) is 26.6. The maximum atomic E-state index is 5.69. The van der Waals surface area contributed by atoms with Crippen molar-refractivity contribution in [3.8, 4) is 170 Å². The average molecular weight is 2510 g/mol. The first-order valence-corrected chi connectivity index (χ1v) is 54.5. The van der Waals surface area contributed by atoms with Crippen molar-refractivity contribution in [3.05, 3.63) is 418 Å². The Hall–Kier alpha value is -12.3. The molecule has 12 nitrogen and oxygen atoms in total. The van der Waals surface area contributed by atoms with Crippen LogP contribution in [0.25, 0.3) is 213 Å². The fraction of sp³-hybridized carbons (Fsp3) is 0.113. The Balaban J connectivity index is 0.658. The van der Waals surface area contributed by atoms with Gasteiger partial charge < -0.3 is 9.13 Å². The van der Waals surface area contributed by atoms with Crippen molar-refractivity contribution in [1.29, 1.82) is 0 Å². The van der Waals surface area contributed by atoms with Gasteiger partial charge in [-0.05, 0) is 387 Å². The first kappa shape index (κ1) is 92.1. The van der Waals surface area contributed by atoms with Crippen LogP contribution in [0.2, 0.25) is 0 Å². The number of benzene rings is 16. The highest BCUT2D eigenvalue weighted by Crippen LogP contribution is 2.57. The zero-order chi connectivity index (χ0) is 96.3. The number of halogens is 6. The smallest absolute Gasteiger partial charge is 0.164 e. The van der Waals surface area contributed by atoms with E-state index in [1.165, 1.54) is 61.2 Å². The lowest BCUT2D eigenvalue weighted by Crippen LogP contribution is -2.24. The number of fused-ring (bicyclic) bond motifs is 12. The number of nitrogens with zero attached hydrogens (tertiary/aromatic N) is 12. The minimum atomic E-state index is -0.506. The van der Waals surface area contributed by atoms with Gasteiger partial charge in [-0.2, -0.15) is 0 Å². The molecular weight excluding hydrogens is 2420 g/mol. The molecule has 2 aliphatic carbocycles. The van der Waals surface area contributed by atoms with Crippen molar-refractivity contribution >= 4 is 179 Å². The number of hydrogen-bond acceptors (Lipinski definition) is 10. The highest BCUT2D eigenvalue weighted by molar-refractivity contribution is 14.1. The summed E-state index contributed by atoms with van der Waals surface area (Å²) in [5.41, 5.74) is 33.1. The van der Waals surface area contributed by atoms with Crippen molar-refractivity contribution in [2.45, 2.75) is 90.4 Å². The molecule has 6 heterocycles. The average Bonchev–Trinajstić information content (AvgIpc) is 1.54. The van der Waals surface area contributed by atoms with Crippen molar-refractivity contribution < 1.29 is 0 Å². The first-order chi connectivity index (χ1) is 69.3. The summed E-state index contributed by atoms with van der Waals surface area (Å²) >= 11 is 14.5. The summed E-state index contributed by atoms with van der Waals surface area (Å²) in [6.07, 6.45) is 7.01. The molecule has 22 aromatic rings. The van der Waals surface area contributed by atoms with Crippen LogP contribution in [-0.2, 0) is 30.1 Å². The summed E-state index contributed by atoms with van der Waals surface area (Å²) < 4.78 is 11.6. The van der Waals surface area contributed by atoms with Gasteiger partial charge in [0.05, 0.1) is 56.2 Å². The molecular formula is C124H88I6N12. The van der Waals surface area contributed by atoms with E-state index in [9.17, 15) is 0 Å². The van der Waals surface area contributed by atoms with E-state index in [2.05, 4.69) is 531 Å². The van der Waals surface area contributed by atoms with Gasteiger partial charge in [0.25, 0.3) is 0 Å². The van der Waals surface area contributed by atoms with Gasteiger partial charge in [-0.1, -0.05) is 248 Å². The van der Waals surface area contributed by atoms with Crippen LogP contribution in [-0.4, -0.2) is 59.0 Å². The molecule has 0 amide bonds. The standard InChI is InChI=1S/C124H88I6N12/c1-6-8-28-72-50-81(55-85(125)52-72)118-135-116(137-120(139-118)83-57-87(127)63-88(128)58-83)79-45-48-111(99(61-79)108-70-107(77-34-18-12-19-35-77)131-115(134-108)78-36-20-13-21-37-78)141-109-42-26-23-40-94(109)98-66-96-91-38-22-25-41-101(91)124(5,104(96)68-114(98)141)71-74-44-47-92-95-65-97-93-39-24-27-43-110(93)142(113(97)67-103(95)123(3,4)102(92)54-74)112-49-46-80(62-100(112)122-132-105(75-30-14-10-15-31-75)69-106(133-122)76-32-16-11-17-33-76)117-136-119(82-51-73(29-9-7-2)53-86(126)56-82)140-121(138-117)84-59-89(129)64-90(130)60-84/h10-27,30-70H,6-9,28-29,71H2,1-5H3. The molecule has 6 aromatic heterocycles. The number of para-hydroxylation sites is 2. The van der Waals surface area contributed by atoms with E-state index in [0.717, 1.165) is 211 Å². The van der Waals surface area contributed by atoms with Gasteiger partial charge in [-0.15, -0.1) is 0 Å². The van der Waals surface area contributed by atoms with E-state index in [1.54, 1.807) is 0 Å². The first-order valence-electron chi connectivity index (χ1n) is 48.0. The van der Waals surface area contributed by atoms with Crippen LogP contribution in [0.15, 0.2) is 358 Å². The topological polar surface area (TPSA) is 139 Å². The minimum absolute atomic E-state index is 0.455. The maximum absolute atomic E-state index is 5.69. The second-order valence-electron chi connectivity index (χ2n) is 37.8. The molecule has 0 bridgehead atoms. The highest BCUT2D eigenvalue weighted by atomic mass is 127. The lowest BCUT2D eigenvalue weighted by molar-refractivity contribution is 0.581. The Kier molecular flexibility index (Phi) is 24.7. The molecule has 1 unspecified atom stereocenters. The SMILES string of the molecule is CCCCc1cc(I)cc(-c2nc(-c3cc(I)cc(I)c3)nc(-c3ccc(-n4c5ccccc5c5cc6c(cc54)C(C)(Cc4ccc5c(c4)C(C)(C)c4cc7c(cc4-5)c4ccccc4n7-c4ccc(-c5nc(-c7cc(I)cc(I)c7)nc(-c7cc(I)cc(CCCC)c7)n5)cc4-c4nc(-c5ccccc5)cc(-c5ccccc5)n4)c4ccccc4-6)c(-c4cc(-c5ccccc5)nc(-c5ccccc5)n4)c3)n2)c1. The van der Waals surface area contributed by atoms with Crippen LogP contribution < -0.4 is 0 Å². The zero-order valence-electron chi connectivity index (χ0n) is 78.1. The van der Waals surface area contributed by atoms with Crippen LogP contribution in [0.3, 0.4) is 0 Å². The van der Waals surface area contributed by atoms with E-state index in [1.807, 2.05) is 6.07 Å². The van der Waals surface area contributed by atoms with E-state index in [-0.39, 0.29) is 0 Å². The van der Waals surface area contributed by atoms with E-state index < -0.39 is 10.8 Å². The minimum Gasteiger partial charge on any atom is -0.309 e. The molecule has 0 N–H and O–H groups in total. The van der Waals surface area contributed by atoms with Gasteiger partial charge in [0.2, 0.25) is 0 Å². The van der Waals surface area contributed by atoms with Crippen LogP contribution in [0.1, 0.15) is 99.2 Å². The van der Waals surface area contributed by atoms with Crippen LogP contribution in [0, 0.1) is 21.4 Å². The lowest BCUT2D eigenvalue weighted by atomic mass is 9.74. The Labute approximate surface area is 906 Å². The predicted molar refractivity (Wildman–Crippen MR) is 631 cm³/mol. The van der Waals surface area contributed by atoms with Crippen molar-refractivity contribution in [2.24, 2.45) is 0 Å². The Bertz CT molecular complexity index is 8710. The van der Waals surface area contributed by atoms with Crippen LogP contribution in [0.4, 0.5) is 0 Å². The molecule has 142 heavy (non-hydrogen) atoms. The third-order valence-electron chi connectivity index (χ3n) is 28.1. The summed E-state index contributed by atoms with van der Waals surface area (Å²) in [7, 11) is 0. The predicted octanol–water partition coefficient (Wildman–Crippen LogP) is 34.0. The van der Waals surface area contributed by atoms with Crippen molar-refractivity contribution in [2.75, 3.05) is 0 Å². The number of hydrogen-bond donors (Lipinski definition) is 0. The third-order valence-corrected chi connectivity index (χ3v) is 31.8. The summed E-state index contributed by atoms with van der Waals surface area (Å²) in [5.74, 6) is 4.69. The van der Waals surface area contributed by atoms with E-state index >= 15 is 0 Å². The van der Waals surface area contributed by atoms with E-state index in [0.29, 0.717) is 46.6 Å². The van der Waals surface area contributed by atoms with Gasteiger partial charge in [-0.3, -0.25) is 0 Å². The molecule has 24 rings (SSSR count). The zero-order valence-corrected chi connectivity index (χ0v) is 91.1. The largest absolute Gasteiger partial charge is 0.309 e. The van der Waals surface area contributed by atoms with Crippen LogP contribution in [0.5, 0.6) is 0 Å². The van der Waals surface area contributed by atoms with Gasteiger partial charge in [0, 0.05) is 121 Å². The fourth-order valence-electron chi connectivity index (χ4n) is 21.3. The van der Waals surface area contributed by atoms with Gasteiger partial charge in [-0.25, -0.2) is 49.8 Å². The maximum Gasteiger partial charge on any atom is 0.164 e. The summed E-state index contributed by atoms with van der Waals surface area (Å²) in [6, 6.07) is 130. The second kappa shape index (κ2) is 38.1. The molecule has 2 aliphatic rings. The Morgan fingerprint density at radius 2 is 0.592 bits per heavy atom. The third kappa shape index (κ3) is 17.2. The Morgan fingerprint density at radius 1 is 0.225 bits per heavy atom. The molecule has 0 saturated heterocycles. The number of rotatable bonds is 22. The molecule has 18 heteroatoms. The molecule has 0 aliphatic heterocycles. The number of aromatic nitrogens is 12. The van der Waals surface area contributed by atoms with Gasteiger partial charge in [0.15, 0.2) is 46.6 Å². The van der Waals surface area contributed by atoms with Crippen molar-refractivity contribution in [1.82, 2.24) is 59.0 Å². The normalized spacial score (nSPS) is 13.5. The lowest BCUT2D eigenvalue weighted by Gasteiger charge is -2.29. The molecule has 0 fully saturated rings.